The Kier molecular flexibility index (Phi) is 4.85. The fraction of sp³-hybridized carbons (Fsp3) is 0.400. The molecule has 136 valence electrons. The second kappa shape index (κ2) is 7.27. The Morgan fingerprint density at radius 1 is 1.12 bits per heavy atom. The summed E-state index contributed by atoms with van der Waals surface area (Å²) >= 11 is 3.51. The van der Waals surface area contributed by atoms with E-state index in [2.05, 4.69) is 22.0 Å². The molecule has 0 radical (unpaired) electrons. The number of rotatable bonds is 2. The Morgan fingerprint density at radius 3 is 2.65 bits per heavy atom. The van der Waals surface area contributed by atoms with Crippen molar-refractivity contribution >= 4 is 33.4 Å². The van der Waals surface area contributed by atoms with Crippen molar-refractivity contribution in [2.24, 2.45) is 5.92 Å². The molecule has 0 spiro atoms. The summed E-state index contributed by atoms with van der Waals surface area (Å²) < 4.78 is 6.05. The number of fused-ring (bicyclic) bond motifs is 1. The summed E-state index contributed by atoms with van der Waals surface area (Å²) in [4.78, 5) is 29.3. The fourth-order valence-corrected chi connectivity index (χ4v) is 4.32. The number of nitrogens with zero attached hydrogens (tertiary/aromatic N) is 2. The Bertz CT molecular complexity index is 810. The summed E-state index contributed by atoms with van der Waals surface area (Å²) in [7, 11) is 0. The van der Waals surface area contributed by atoms with Crippen LogP contribution in [-0.4, -0.2) is 36.3 Å². The molecule has 3 heterocycles. The second-order valence-corrected chi connectivity index (χ2v) is 7.86. The summed E-state index contributed by atoms with van der Waals surface area (Å²) in [6, 6.07) is 7.83. The van der Waals surface area contributed by atoms with E-state index in [1.165, 1.54) is 18.1 Å². The van der Waals surface area contributed by atoms with Gasteiger partial charge < -0.3 is 14.2 Å². The van der Waals surface area contributed by atoms with Crippen LogP contribution in [0.2, 0.25) is 0 Å². The van der Waals surface area contributed by atoms with Crippen molar-refractivity contribution in [3.63, 3.8) is 0 Å². The minimum absolute atomic E-state index is 0.0157. The number of halogens is 1. The maximum absolute atomic E-state index is 13.1. The van der Waals surface area contributed by atoms with Gasteiger partial charge in [-0.3, -0.25) is 9.59 Å². The van der Waals surface area contributed by atoms with Crippen LogP contribution < -0.4 is 4.90 Å². The van der Waals surface area contributed by atoms with Gasteiger partial charge in [0.25, 0.3) is 5.91 Å². The number of amides is 2. The van der Waals surface area contributed by atoms with E-state index in [-0.39, 0.29) is 17.7 Å². The third-order valence-corrected chi connectivity index (χ3v) is 5.82. The number of likely N-dealkylation sites (tertiary alicyclic amines) is 1. The van der Waals surface area contributed by atoms with Gasteiger partial charge in [0.15, 0.2) is 0 Å². The van der Waals surface area contributed by atoms with Crippen molar-refractivity contribution in [2.45, 2.75) is 25.7 Å². The van der Waals surface area contributed by atoms with Crippen LogP contribution in [0.15, 0.2) is 45.7 Å². The average molecular weight is 417 g/mol. The monoisotopic (exact) mass is 416 g/mol. The molecule has 1 aromatic heterocycles. The molecule has 1 fully saturated rings. The van der Waals surface area contributed by atoms with Gasteiger partial charge >= 0.3 is 0 Å². The molecule has 0 saturated carbocycles. The predicted molar refractivity (Wildman–Crippen MR) is 102 cm³/mol. The van der Waals surface area contributed by atoms with Crippen molar-refractivity contribution in [3.05, 3.63) is 52.4 Å². The van der Waals surface area contributed by atoms with Gasteiger partial charge in [-0.15, -0.1) is 0 Å². The first-order chi connectivity index (χ1) is 12.6. The minimum atomic E-state index is -0.0159. The Balaban J connectivity index is 1.42. The SMILES string of the molecule is O=C(c1ccoc1)N1CCC(C(=O)N2CCCc3cc(Br)ccc32)CC1. The van der Waals surface area contributed by atoms with E-state index in [1.54, 1.807) is 6.07 Å². The normalized spacial score (nSPS) is 17.9. The Morgan fingerprint density at radius 2 is 1.92 bits per heavy atom. The second-order valence-electron chi connectivity index (χ2n) is 6.94. The van der Waals surface area contributed by atoms with Gasteiger partial charge in [-0.25, -0.2) is 0 Å². The smallest absolute Gasteiger partial charge is 0.257 e. The van der Waals surface area contributed by atoms with Gasteiger partial charge in [0.2, 0.25) is 5.91 Å². The Hall–Kier alpha value is -2.08. The zero-order valence-corrected chi connectivity index (χ0v) is 16.1. The van der Waals surface area contributed by atoms with Gasteiger partial charge in [0.1, 0.15) is 6.26 Å². The number of carbonyl (C=O) groups excluding carboxylic acids is 2. The molecule has 2 aliphatic heterocycles. The lowest BCUT2D eigenvalue weighted by molar-refractivity contribution is -0.123. The van der Waals surface area contributed by atoms with Crippen LogP contribution >= 0.6 is 15.9 Å². The van der Waals surface area contributed by atoms with Gasteiger partial charge in [0, 0.05) is 35.7 Å². The molecule has 2 amide bonds. The zero-order chi connectivity index (χ0) is 18.1. The fourth-order valence-electron chi connectivity index (χ4n) is 3.91. The number of furan rings is 1. The van der Waals surface area contributed by atoms with Crippen molar-refractivity contribution in [1.29, 1.82) is 0 Å². The first-order valence-electron chi connectivity index (χ1n) is 9.05. The molecule has 6 heteroatoms. The van der Waals surface area contributed by atoms with Crippen LogP contribution in [0.25, 0.3) is 0 Å². The summed E-state index contributed by atoms with van der Waals surface area (Å²) in [5, 5.41) is 0. The molecule has 2 aromatic rings. The molecule has 0 unspecified atom stereocenters. The maximum atomic E-state index is 13.1. The van der Waals surface area contributed by atoms with E-state index in [0.717, 1.165) is 29.5 Å². The van der Waals surface area contributed by atoms with Crippen LogP contribution in [-0.2, 0) is 11.2 Å². The highest BCUT2D eigenvalue weighted by Gasteiger charge is 2.32. The molecule has 4 rings (SSSR count). The van der Waals surface area contributed by atoms with Gasteiger partial charge in [-0.1, -0.05) is 15.9 Å². The largest absolute Gasteiger partial charge is 0.472 e. The molecule has 0 atom stereocenters. The van der Waals surface area contributed by atoms with Gasteiger partial charge in [-0.2, -0.15) is 0 Å². The lowest BCUT2D eigenvalue weighted by Crippen LogP contribution is -2.45. The lowest BCUT2D eigenvalue weighted by Gasteiger charge is -2.36. The topological polar surface area (TPSA) is 53.8 Å². The van der Waals surface area contributed by atoms with E-state index in [0.29, 0.717) is 31.5 Å². The van der Waals surface area contributed by atoms with Crippen molar-refractivity contribution in [1.82, 2.24) is 4.90 Å². The molecular formula is C20H21BrN2O3. The number of aryl methyl sites for hydroxylation is 1. The highest BCUT2D eigenvalue weighted by molar-refractivity contribution is 9.10. The summed E-state index contributed by atoms with van der Waals surface area (Å²) in [5.41, 5.74) is 2.85. The van der Waals surface area contributed by atoms with Crippen LogP contribution in [0.3, 0.4) is 0 Å². The number of benzene rings is 1. The van der Waals surface area contributed by atoms with Crippen molar-refractivity contribution < 1.29 is 14.0 Å². The summed E-state index contributed by atoms with van der Waals surface area (Å²) in [6.07, 6.45) is 6.41. The highest BCUT2D eigenvalue weighted by atomic mass is 79.9. The van der Waals surface area contributed by atoms with Crippen LogP contribution in [0.5, 0.6) is 0 Å². The first kappa shape index (κ1) is 17.3. The van der Waals surface area contributed by atoms with Gasteiger partial charge in [-0.05, 0) is 55.5 Å². The molecule has 5 nitrogen and oxygen atoms in total. The van der Waals surface area contributed by atoms with E-state index < -0.39 is 0 Å². The molecule has 26 heavy (non-hydrogen) atoms. The van der Waals surface area contributed by atoms with Crippen LogP contribution in [0.1, 0.15) is 35.2 Å². The van der Waals surface area contributed by atoms with E-state index in [4.69, 9.17) is 4.42 Å². The zero-order valence-electron chi connectivity index (χ0n) is 14.5. The van der Waals surface area contributed by atoms with Crippen molar-refractivity contribution in [2.75, 3.05) is 24.5 Å². The maximum Gasteiger partial charge on any atom is 0.257 e. The standard InChI is InChI=1S/C20H21BrN2O3/c21-17-3-4-18-15(12-17)2-1-8-23(18)20(25)14-5-9-22(10-6-14)19(24)16-7-11-26-13-16/h3-4,7,11-14H,1-2,5-6,8-10H2. The molecule has 2 aliphatic rings. The molecule has 1 aromatic carbocycles. The average Bonchev–Trinajstić information content (AvgIpc) is 3.21. The van der Waals surface area contributed by atoms with E-state index >= 15 is 0 Å². The number of piperidine rings is 1. The first-order valence-corrected chi connectivity index (χ1v) is 9.84. The van der Waals surface area contributed by atoms with Crippen LogP contribution in [0.4, 0.5) is 5.69 Å². The molecule has 1 saturated heterocycles. The summed E-state index contributed by atoms with van der Waals surface area (Å²) in [5.74, 6) is 0.166. The van der Waals surface area contributed by atoms with E-state index in [9.17, 15) is 9.59 Å². The molecular weight excluding hydrogens is 396 g/mol. The number of carbonyl (C=O) groups is 2. The predicted octanol–water partition coefficient (Wildman–Crippen LogP) is 3.87. The lowest BCUT2D eigenvalue weighted by atomic mass is 9.93. The minimum Gasteiger partial charge on any atom is -0.472 e. The molecule has 0 bridgehead atoms. The molecule has 0 N–H and O–H groups in total. The third kappa shape index (κ3) is 3.30. The quantitative estimate of drug-likeness (QED) is 0.746. The molecule has 0 aliphatic carbocycles. The Labute approximate surface area is 161 Å². The summed E-state index contributed by atoms with van der Waals surface area (Å²) in [6.45, 7) is 2.00. The van der Waals surface area contributed by atoms with Crippen molar-refractivity contribution in [3.8, 4) is 0 Å². The third-order valence-electron chi connectivity index (χ3n) is 5.33. The number of hydrogen-bond donors (Lipinski definition) is 0. The number of hydrogen-bond acceptors (Lipinski definition) is 3. The number of anilines is 1. The van der Waals surface area contributed by atoms with E-state index in [1.807, 2.05) is 21.9 Å². The van der Waals surface area contributed by atoms with Crippen LogP contribution in [0, 0.1) is 5.92 Å². The van der Waals surface area contributed by atoms with Gasteiger partial charge in [0.05, 0.1) is 11.8 Å². The highest BCUT2D eigenvalue weighted by Crippen LogP contribution is 2.32.